The van der Waals surface area contributed by atoms with Crippen molar-refractivity contribution in [3.8, 4) is 11.1 Å². The van der Waals surface area contributed by atoms with Crippen LogP contribution in [0.4, 0.5) is 10.1 Å². The molecule has 3 aromatic rings. The maximum atomic E-state index is 15.3. The van der Waals surface area contributed by atoms with Gasteiger partial charge in [0, 0.05) is 40.6 Å². The molecule has 0 saturated heterocycles. The normalized spacial score (nSPS) is 27.9. The van der Waals surface area contributed by atoms with Crippen molar-refractivity contribution in [1.29, 1.82) is 0 Å². The quantitative estimate of drug-likeness (QED) is 0.639. The minimum Gasteiger partial charge on any atom is -0.387 e. The fourth-order valence-electron chi connectivity index (χ4n) is 5.54. The van der Waals surface area contributed by atoms with E-state index in [4.69, 9.17) is 0 Å². The molecule has 1 aromatic carbocycles. The molecule has 1 aliphatic carbocycles. The topological polar surface area (TPSA) is 58.0 Å². The Labute approximate surface area is 163 Å². The number of halogens is 1. The van der Waals surface area contributed by atoms with Gasteiger partial charge in [0.05, 0.1) is 16.7 Å². The molecule has 0 radical (unpaired) electrons. The van der Waals surface area contributed by atoms with Gasteiger partial charge in [-0.25, -0.2) is 4.39 Å². The highest BCUT2D eigenvalue weighted by Crippen LogP contribution is 2.59. The third-order valence-electron chi connectivity index (χ3n) is 7.14. The number of nitrogens with zero attached hydrogens (tertiary/aromatic N) is 2. The van der Waals surface area contributed by atoms with E-state index < -0.39 is 16.6 Å². The van der Waals surface area contributed by atoms with Crippen LogP contribution in [0.5, 0.6) is 0 Å². The van der Waals surface area contributed by atoms with Gasteiger partial charge in [-0.05, 0) is 68.5 Å². The molecule has 3 heterocycles. The van der Waals surface area contributed by atoms with Crippen LogP contribution in [0.25, 0.3) is 22.0 Å². The molecule has 28 heavy (non-hydrogen) atoms. The average molecular weight is 377 g/mol. The molecule has 2 atom stereocenters. The third kappa shape index (κ3) is 2.08. The van der Waals surface area contributed by atoms with Crippen LogP contribution in [-0.2, 0) is 5.41 Å². The molecular formula is C23H24FN3O. The highest BCUT2D eigenvalue weighted by atomic mass is 19.1. The van der Waals surface area contributed by atoms with Gasteiger partial charge >= 0.3 is 0 Å². The van der Waals surface area contributed by atoms with Gasteiger partial charge < -0.3 is 10.4 Å². The molecule has 0 bridgehead atoms. The summed E-state index contributed by atoms with van der Waals surface area (Å²) in [7, 11) is 0. The Morgan fingerprint density at radius 3 is 2.71 bits per heavy atom. The Morgan fingerprint density at radius 2 is 1.89 bits per heavy atom. The van der Waals surface area contributed by atoms with Crippen LogP contribution < -0.4 is 5.32 Å². The molecule has 0 amide bonds. The monoisotopic (exact) mass is 377 g/mol. The molecule has 1 saturated carbocycles. The first kappa shape index (κ1) is 17.6. The second kappa shape index (κ2) is 5.51. The van der Waals surface area contributed by atoms with Crippen LogP contribution in [0.3, 0.4) is 0 Å². The highest BCUT2D eigenvalue weighted by Gasteiger charge is 2.62. The van der Waals surface area contributed by atoms with E-state index in [0.717, 1.165) is 47.0 Å². The molecule has 4 nitrogen and oxygen atoms in total. The van der Waals surface area contributed by atoms with Crippen molar-refractivity contribution in [3.63, 3.8) is 0 Å². The summed E-state index contributed by atoms with van der Waals surface area (Å²) in [4.78, 5) is 8.56. The maximum absolute atomic E-state index is 15.3. The molecular weight excluding hydrogens is 353 g/mol. The predicted molar refractivity (Wildman–Crippen MR) is 109 cm³/mol. The van der Waals surface area contributed by atoms with Crippen molar-refractivity contribution in [2.24, 2.45) is 0 Å². The van der Waals surface area contributed by atoms with Gasteiger partial charge in [-0.2, -0.15) is 0 Å². The Kier molecular flexibility index (Phi) is 3.45. The van der Waals surface area contributed by atoms with Crippen molar-refractivity contribution >= 4 is 16.6 Å². The van der Waals surface area contributed by atoms with Crippen LogP contribution in [0.2, 0.25) is 0 Å². The molecule has 5 heteroatoms. The number of aromatic nitrogens is 2. The zero-order valence-electron chi connectivity index (χ0n) is 16.4. The molecule has 2 unspecified atom stereocenters. The smallest absolute Gasteiger partial charge is 0.133 e. The fourth-order valence-corrected chi connectivity index (χ4v) is 5.54. The average Bonchev–Trinajstić information content (AvgIpc) is 2.98. The largest absolute Gasteiger partial charge is 0.387 e. The third-order valence-corrected chi connectivity index (χ3v) is 7.14. The minimum atomic E-state index is -0.885. The lowest BCUT2D eigenvalue weighted by Gasteiger charge is -2.55. The molecule has 2 N–H and O–H groups in total. The van der Waals surface area contributed by atoms with E-state index in [1.807, 2.05) is 32.0 Å². The van der Waals surface area contributed by atoms with Gasteiger partial charge in [-0.1, -0.05) is 6.92 Å². The van der Waals surface area contributed by atoms with Gasteiger partial charge in [0.2, 0.25) is 0 Å². The lowest BCUT2D eigenvalue weighted by atomic mass is 9.60. The van der Waals surface area contributed by atoms with Crippen LogP contribution in [0.15, 0.2) is 42.9 Å². The van der Waals surface area contributed by atoms with E-state index in [-0.39, 0.29) is 5.82 Å². The summed E-state index contributed by atoms with van der Waals surface area (Å²) in [5, 5.41) is 15.9. The first-order valence-electron chi connectivity index (χ1n) is 9.81. The number of fused-ring (bicyclic) bond motifs is 4. The summed E-state index contributed by atoms with van der Waals surface area (Å²) in [6.07, 6.45) is 7.68. The minimum absolute atomic E-state index is 0.287. The number of pyridine rings is 2. The van der Waals surface area contributed by atoms with Crippen molar-refractivity contribution in [3.05, 3.63) is 54.2 Å². The number of nitrogens with one attached hydrogen (secondary N) is 1. The van der Waals surface area contributed by atoms with E-state index in [9.17, 15) is 5.11 Å². The Hall–Kier alpha value is -2.53. The van der Waals surface area contributed by atoms with Crippen LogP contribution in [0, 0.1) is 5.82 Å². The summed E-state index contributed by atoms with van der Waals surface area (Å²) < 4.78 is 15.3. The Bertz CT molecular complexity index is 1110. The molecule has 2 aromatic heterocycles. The molecule has 2 aliphatic rings. The number of hydrogen-bond acceptors (Lipinski definition) is 4. The first-order valence-corrected chi connectivity index (χ1v) is 9.81. The van der Waals surface area contributed by atoms with Crippen LogP contribution in [-0.4, -0.2) is 26.2 Å². The van der Waals surface area contributed by atoms with E-state index in [1.54, 1.807) is 24.7 Å². The number of aliphatic hydroxyl groups is 1. The maximum Gasteiger partial charge on any atom is 0.133 e. The lowest BCUT2D eigenvalue weighted by molar-refractivity contribution is -0.0628. The second-order valence-corrected chi connectivity index (χ2v) is 8.92. The standard InChI is InChI=1S/C23H24FN3O/c1-21(2)23(28)8-4-7-22(23,3)17-11-15(18(24)12-20(17)27-21)14-5-10-26-19-6-9-25-13-16(14)19/h5-6,9-13,27-28H,4,7-8H2,1-3H3. The predicted octanol–water partition coefficient (Wildman–Crippen LogP) is 4.81. The molecule has 144 valence electrons. The van der Waals surface area contributed by atoms with Gasteiger partial charge in [-0.15, -0.1) is 0 Å². The molecule has 5 rings (SSSR count). The van der Waals surface area contributed by atoms with Crippen molar-refractivity contribution in [2.75, 3.05) is 5.32 Å². The first-order chi connectivity index (χ1) is 13.3. The lowest BCUT2D eigenvalue weighted by Crippen LogP contribution is -2.65. The fraction of sp³-hybridized carbons (Fsp3) is 0.391. The van der Waals surface area contributed by atoms with Gasteiger partial charge in [-0.3, -0.25) is 9.97 Å². The Morgan fingerprint density at radius 1 is 1.07 bits per heavy atom. The second-order valence-electron chi connectivity index (χ2n) is 8.92. The number of rotatable bonds is 1. The summed E-state index contributed by atoms with van der Waals surface area (Å²) in [6, 6.07) is 7.16. The zero-order valence-corrected chi connectivity index (χ0v) is 16.4. The summed E-state index contributed by atoms with van der Waals surface area (Å²) in [5.41, 5.74) is 1.99. The van der Waals surface area contributed by atoms with E-state index in [1.165, 1.54) is 0 Å². The summed E-state index contributed by atoms with van der Waals surface area (Å²) >= 11 is 0. The summed E-state index contributed by atoms with van der Waals surface area (Å²) in [6.45, 7) is 6.13. The molecule has 1 aliphatic heterocycles. The van der Waals surface area contributed by atoms with Crippen LogP contribution >= 0.6 is 0 Å². The summed E-state index contributed by atoms with van der Waals surface area (Å²) in [5.74, 6) is -0.287. The van der Waals surface area contributed by atoms with E-state index >= 15 is 4.39 Å². The van der Waals surface area contributed by atoms with Gasteiger partial charge in [0.15, 0.2) is 0 Å². The van der Waals surface area contributed by atoms with Crippen molar-refractivity contribution in [1.82, 2.24) is 9.97 Å². The SMILES string of the molecule is CC1(C)Nc2cc(F)c(-c3ccnc4ccncc34)cc2C2(C)CCCC12O. The van der Waals surface area contributed by atoms with E-state index in [0.29, 0.717) is 5.56 Å². The number of benzene rings is 1. The number of anilines is 1. The zero-order chi connectivity index (χ0) is 19.7. The number of hydrogen-bond donors (Lipinski definition) is 2. The van der Waals surface area contributed by atoms with Crippen LogP contribution in [0.1, 0.15) is 45.6 Å². The molecule has 0 spiro atoms. The Balaban J connectivity index is 1.78. The van der Waals surface area contributed by atoms with Crippen molar-refractivity contribution < 1.29 is 9.50 Å². The van der Waals surface area contributed by atoms with Gasteiger partial charge in [0.25, 0.3) is 0 Å². The van der Waals surface area contributed by atoms with Crippen molar-refractivity contribution in [2.45, 2.75) is 56.6 Å². The van der Waals surface area contributed by atoms with E-state index in [2.05, 4.69) is 22.2 Å². The highest BCUT2D eigenvalue weighted by molar-refractivity contribution is 5.94. The molecule has 1 fully saturated rings. The van der Waals surface area contributed by atoms with Gasteiger partial charge in [0.1, 0.15) is 5.82 Å².